The summed E-state index contributed by atoms with van der Waals surface area (Å²) in [6.45, 7) is 0.110. The molecule has 98 valence electrons. The Morgan fingerprint density at radius 2 is 2.28 bits per heavy atom. The molecule has 1 amide bonds. The minimum Gasteiger partial charge on any atom is -0.368 e. The zero-order chi connectivity index (χ0) is 13.3. The number of amides is 1. The molecule has 1 aromatic rings. The maximum atomic E-state index is 12.6. The van der Waals surface area contributed by atoms with Gasteiger partial charge in [-0.15, -0.1) is 3.89 Å². The van der Waals surface area contributed by atoms with Gasteiger partial charge in [0.25, 0.3) is 0 Å². The van der Waals surface area contributed by atoms with Crippen molar-refractivity contribution in [2.75, 3.05) is 22.9 Å². The Morgan fingerprint density at radius 3 is 2.89 bits per heavy atom. The number of nitrogens with zero attached hydrogens (tertiary/aromatic N) is 3. The fourth-order valence-electron chi connectivity index (χ4n) is 1.91. The number of anilines is 2. The van der Waals surface area contributed by atoms with E-state index in [0.29, 0.717) is 5.82 Å². The van der Waals surface area contributed by atoms with Crippen LogP contribution in [-0.2, 0) is 15.0 Å². The van der Waals surface area contributed by atoms with Crippen molar-refractivity contribution in [1.29, 1.82) is 0 Å². The Hall–Kier alpha value is -1.77. The highest BCUT2D eigenvalue weighted by Crippen LogP contribution is 2.24. The summed E-state index contributed by atoms with van der Waals surface area (Å²) in [7, 11) is -4.58. The summed E-state index contributed by atoms with van der Waals surface area (Å²) in [5.74, 6) is -1.21. The molecule has 0 aromatic carbocycles. The summed E-state index contributed by atoms with van der Waals surface area (Å²) in [4.78, 5) is 20.5. The van der Waals surface area contributed by atoms with E-state index in [1.165, 1.54) is 17.2 Å². The lowest BCUT2D eigenvalue weighted by molar-refractivity contribution is -0.117. The molecule has 9 heteroatoms. The first kappa shape index (κ1) is 12.7. The molecule has 1 aromatic heterocycles. The van der Waals surface area contributed by atoms with Gasteiger partial charge < -0.3 is 5.73 Å². The number of hydrogen-bond donors (Lipinski definition) is 1. The highest BCUT2D eigenvalue weighted by Gasteiger charge is 2.34. The van der Waals surface area contributed by atoms with E-state index in [4.69, 9.17) is 5.73 Å². The molecule has 2 rings (SSSR count). The van der Waals surface area contributed by atoms with Crippen LogP contribution >= 0.6 is 0 Å². The van der Waals surface area contributed by atoms with Crippen LogP contribution in [0.25, 0.3) is 0 Å². The molecule has 2 heterocycles. The quantitative estimate of drug-likeness (QED) is 0.759. The number of nitrogen functional groups attached to an aromatic ring is 1. The maximum absolute atomic E-state index is 12.6. The topological polar surface area (TPSA) is 106 Å². The van der Waals surface area contributed by atoms with Crippen LogP contribution in [0.5, 0.6) is 0 Å². The van der Waals surface area contributed by atoms with Gasteiger partial charge in [-0.2, -0.15) is 13.4 Å². The van der Waals surface area contributed by atoms with Crippen LogP contribution < -0.4 is 10.6 Å². The summed E-state index contributed by atoms with van der Waals surface area (Å²) >= 11 is 0. The molecule has 2 N–H and O–H groups in total. The fraction of sp³-hybridized carbons (Fsp3) is 0.444. The molecule has 1 aliphatic heterocycles. The highest BCUT2D eigenvalue weighted by molar-refractivity contribution is 7.86. The Labute approximate surface area is 103 Å². The van der Waals surface area contributed by atoms with E-state index in [2.05, 4.69) is 9.97 Å². The molecule has 0 saturated carbocycles. The van der Waals surface area contributed by atoms with Crippen LogP contribution in [0.4, 0.5) is 15.7 Å². The summed E-state index contributed by atoms with van der Waals surface area (Å²) in [5, 5.41) is 0. The number of carbonyl (C=O) groups is 1. The molecule has 0 radical (unpaired) electrons. The van der Waals surface area contributed by atoms with Crippen molar-refractivity contribution in [3.8, 4) is 0 Å². The second-order valence-electron chi connectivity index (χ2n) is 4.05. The predicted octanol–water partition coefficient (Wildman–Crippen LogP) is -0.289. The van der Waals surface area contributed by atoms with Gasteiger partial charge in [-0.25, -0.2) is 4.98 Å². The molecule has 1 saturated heterocycles. The monoisotopic (exact) mass is 274 g/mol. The van der Waals surface area contributed by atoms with Crippen LogP contribution in [0.3, 0.4) is 0 Å². The van der Waals surface area contributed by atoms with Crippen molar-refractivity contribution in [3.63, 3.8) is 0 Å². The van der Waals surface area contributed by atoms with Gasteiger partial charge >= 0.3 is 10.2 Å². The van der Waals surface area contributed by atoms with E-state index in [1.54, 1.807) is 0 Å². The molecule has 1 atom stereocenters. The number of carbonyl (C=O) groups excluding carboxylic acids is 1. The number of aromatic nitrogens is 2. The summed E-state index contributed by atoms with van der Waals surface area (Å²) < 4.78 is 33.7. The van der Waals surface area contributed by atoms with Gasteiger partial charge in [-0.3, -0.25) is 9.69 Å². The van der Waals surface area contributed by atoms with Gasteiger partial charge in [0.15, 0.2) is 0 Å². The lowest BCUT2D eigenvalue weighted by Crippen LogP contribution is -2.26. The van der Waals surface area contributed by atoms with Crippen LogP contribution in [0.2, 0.25) is 0 Å². The zero-order valence-electron chi connectivity index (χ0n) is 9.28. The lowest BCUT2D eigenvalue weighted by atomic mass is 10.1. The van der Waals surface area contributed by atoms with Gasteiger partial charge in [0, 0.05) is 25.1 Å². The molecular weight excluding hydrogens is 263 g/mol. The third-order valence-corrected chi connectivity index (χ3v) is 3.45. The Balaban J connectivity index is 2.15. The standard InChI is InChI=1S/C9H11FN4O3S/c10-18(16,17)5-6-3-8(15)14(4-6)7-1-2-12-9(11)13-7/h1-2,6H,3-5H2,(H2,11,12,13). The summed E-state index contributed by atoms with van der Waals surface area (Å²) in [6, 6.07) is 1.49. The fourth-order valence-corrected chi connectivity index (χ4v) is 2.70. The summed E-state index contributed by atoms with van der Waals surface area (Å²) in [5.41, 5.74) is 5.39. The number of halogens is 1. The third-order valence-electron chi connectivity index (χ3n) is 2.58. The van der Waals surface area contributed by atoms with Crippen molar-refractivity contribution in [1.82, 2.24) is 9.97 Å². The summed E-state index contributed by atoms with van der Waals surface area (Å²) in [6.07, 6.45) is 1.37. The smallest absolute Gasteiger partial charge is 0.302 e. The molecule has 1 unspecified atom stereocenters. The largest absolute Gasteiger partial charge is 0.368 e. The van der Waals surface area contributed by atoms with Crippen molar-refractivity contribution >= 4 is 27.9 Å². The first-order valence-electron chi connectivity index (χ1n) is 5.16. The normalized spacial score (nSPS) is 20.4. The molecule has 1 fully saturated rings. The molecule has 0 bridgehead atoms. The molecule has 0 aliphatic carbocycles. The van der Waals surface area contributed by atoms with Gasteiger partial charge in [-0.05, 0) is 6.07 Å². The van der Waals surface area contributed by atoms with E-state index in [9.17, 15) is 17.1 Å². The van der Waals surface area contributed by atoms with Gasteiger partial charge in [0.1, 0.15) is 5.82 Å². The van der Waals surface area contributed by atoms with E-state index >= 15 is 0 Å². The predicted molar refractivity (Wildman–Crippen MR) is 61.8 cm³/mol. The SMILES string of the molecule is Nc1nccc(N2CC(CS(=O)(=O)F)CC2=O)n1. The second-order valence-corrected chi connectivity index (χ2v) is 5.46. The lowest BCUT2D eigenvalue weighted by Gasteiger charge is -2.14. The molecule has 18 heavy (non-hydrogen) atoms. The number of rotatable bonds is 3. The van der Waals surface area contributed by atoms with Crippen LogP contribution in [-0.4, -0.2) is 36.6 Å². The average Bonchev–Trinajstić information content (AvgIpc) is 2.56. The Bertz CT molecular complexity index is 577. The van der Waals surface area contributed by atoms with Crippen molar-refractivity contribution in [2.24, 2.45) is 5.92 Å². The molecule has 1 aliphatic rings. The van der Waals surface area contributed by atoms with Crippen LogP contribution in [0.15, 0.2) is 12.3 Å². The average molecular weight is 274 g/mol. The highest BCUT2D eigenvalue weighted by atomic mass is 32.3. The van der Waals surface area contributed by atoms with E-state index < -0.39 is 21.9 Å². The van der Waals surface area contributed by atoms with E-state index in [-0.39, 0.29) is 24.8 Å². The van der Waals surface area contributed by atoms with E-state index in [1.807, 2.05) is 0 Å². The van der Waals surface area contributed by atoms with Crippen LogP contribution in [0.1, 0.15) is 6.42 Å². The third kappa shape index (κ3) is 2.92. The van der Waals surface area contributed by atoms with Crippen molar-refractivity contribution < 1.29 is 17.1 Å². The van der Waals surface area contributed by atoms with Crippen molar-refractivity contribution in [3.05, 3.63) is 12.3 Å². The van der Waals surface area contributed by atoms with Crippen molar-refractivity contribution in [2.45, 2.75) is 6.42 Å². The molecule has 7 nitrogen and oxygen atoms in total. The first-order valence-corrected chi connectivity index (χ1v) is 6.71. The van der Waals surface area contributed by atoms with Crippen LogP contribution in [0, 0.1) is 5.92 Å². The van der Waals surface area contributed by atoms with Gasteiger partial charge in [0.05, 0.1) is 5.75 Å². The minimum atomic E-state index is -4.58. The Morgan fingerprint density at radius 1 is 1.56 bits per heavy atom. The van der Waals surface area contributed by atoms with E-state index in [0.717, 1.165) is 0 Å². The first-order chi connectivity index (χ1) is 8.35. The zero-order valence-corrected chi connectivity index (χ0v) is 10.1. The molecular formula is C9H11FN4O3S. The Kier molecular flexibility index (Phi) is 3.16. The maximum Gasteiger partial charge on any atom is 0.302 e. The second kappa shape index (κ2) is 4.48. The minimum absolute atomic E-state index is 0.0156. The number of hydrogen-bond acceptors (Lipinski definition) is 6. The number of nitrogens with two attached hydrogens (primary N) is 1. The van der Waals surface area contributed by atoms with Gasteiger partial charge in [0.2, 0.25) is 11.9 Å². The van der Waals surface area contributed by atoms with Gasteiger partial charge in [-0.1, -0.05) is 0 Å². The molecule has 0 spiro atoms.